The van der Waals surface area contributed by atoms with Gasteiger partial charge in [0.2, 0.25) is 0 Å². The fraction of sp³-hybridized carbons (Fsp3) is 0.500. The van der Waals surface area contributed by atoms with E-state index in [1.54, 1.807) is 18.3 Å². The van der Waals surface area contributed by atoms with Gasteiger partial charge in [-0.2, -0.15) is 0 Å². The van der Waals surface area contributed by atoms with Gasteiger partial charge in [0.1, 0.15) is 5.78 Å². The van der Waals surface area contributed by atoms with E-state index >= 15 is 0 Å². The lowest BCUT2D eigenvalue weighted by atomic mass is 9.97. The number of Topliss-reactive ketones (excluding diaryl/α,β-unsaturated/α-hetero) is 1. The number of ketones is 1. The zero-order chi connectivity index (χ0) is 9.47. The minimum absolute atomic E-state index is 0.0197. The Kier molecular flexibility index (Phi) is 2.20. The molecule has 0 amide bonds. The molecule has 13 heavy (non-hydrogen) atoms. The van der Waals surface area contributed by atoms with Gasteiger partial charge < -0.3 is 0 Å². The van der Waals surface area contributed by atoms with Crippen LogP contribution in [0.4, 0.5) is 0 Å². The van der Waals surface area contributed by atoms with E-state index in [4.69, 9.17) is 11.6 Å². The van der Waals surface area contributed by atoms with Crippen LogP contribution in [0.1, 0.15) is 24.6 Å². The standard InChI is InChI=1S/C10H11ClOS/c1-7(12)10(4-5-10)6-8-2-3-9(11)13-8/h2-3H,4-6H2,1H3. The molecule has 0 radical (unpaired) electrons. The Morgan fingerprint density at radius 1 is 1.62 bits per heavy atom. The van der Waals surface area contributed by atoms with Crippen molar-refractivity contribution in [1.82, 2.24) is 0 Å². The minimum atomic E-state index is -0.0197. The Morgan fingerprint density at radius 3 is 2.69 bits per heavy atom. The van der Waals surface area contributed by atoms with Crippen molar-refractivity contribution in [2.45, 2.75) is 26.2 Å². The highest BCUT2D eigenvalue weighted by Crippen LogP contribution is 2.50. The first kappa shape index (κ1) is 9.22. The molecule has 1 aliphatic rings. The number of halogens is 1. The Labute approximate surface area is 86.7 Å². The molecule has 0 unspecified atom stereocenters. The van der Waals surface area contributed by atoms with Crippen LogP contribution in [0.25, 0.3) is 0 Å². The van der Waals surface area contributed by atoms with Gasteiger partial charge in [-0.1, -0.05) is 11.6 Å². The second kappa shape index (κ2) is 3.10. The summed E-state index contributed by atoms with van der Waals surface area (Å²) in [6.45, 7) is 1.70. The van der Waals surface area contributed by atoms with Crippen LogP contribution in [0.2, 0.25) is 4.34 Å². The van der Waals surface area contributed by atoms with E-state index in [0.717, 1.165) is 23.6 Å². The summed E-state index contributed by atoms with van der Waals surface area (Å²) in [5.41, 5.74) is -0.0197. The molecule has 1 aliphatic carbocycles. The van der Waals surface area contributed by atoms with Crippen LogP contribution in [-0.2, 0) is 11.2 Å². The summed E-state index contributed by atoms with van der Waals surface area (Å²) >= 11 is 7.41. The molecule has 70 valence electrons. The predicted molar refractivity (Wildman–Crippen MR) is 55.4 cm³/mol. The van der Waals surface area contributed by atoms with E-state index in [0.29, 0.717) is 5.78 Å². The average molecular weight is 215 g/mol. The van der Waals surface area contributed by atoms with Crippen molar-refractivity contribution in [3.05, 3.63) is 21.3 Å². The summed E-state index contributed by atoms with van der Waals surface area (Å²) in [7, 11) is 0. The summed E-state index contributed by atoms with van der Waals surface area (Å²) in [6.07, 6.45) is 3.00. The Balaban J connectivity index is 2.10. The van der Waals surface area contributed by atoms with E-state index in [1.807, 2.05) is 12.1 Å². The molecule has 0 spiro atoms. The van der Waals surface area contributed by atoms with Crippen LogP contribution in [0, 0.1) is 5.41 Å². The fourth-order valence-electron chi connectivity index (χ4n) is 1.58. The molecule has 0 N–H and O–H groups in total. The third-order valence-corrected chi connectivity index (χ3v) is 3.97. The molecule has 1 fully saturated rings. The quantitative estimate of drug-likeness (QED) is 0.755. The lowest BCUT2D eigenvalue weighted by Crippen LogP contribution is -2.14. The third kappa shape index (κ3) is 1.79. The molecule has 1 nitrogen and oxygen atoms in total. The Hall–Kier alpha value is -0.340. The van der Waals surface area contributed by atoms with Crippen molar-refractivity contribution < 1.29 is 4.79 Å². The Bertz CT molecular complexity index is 338. The molecule has 1 aromatic rings. The first-order valence-electron chi connectivity index (χ1n) is 4.38. The van der Waals surface area contributed by atoms with Gasteiger partial charge >= 0.3 is 0 Å². The van der Waals surface area contributed by atoms with E-state index in [-0.39, 0.29) is 5.41 Å². The average Bonchev–Trinajstić information content (AvgIpc) is 2.72. The Morgan fingerprint density at radius 2 is 2.31 bits per heavy atom. The molecule has 2 rings (SSSR count). The van der Waals surface area contributed by atoms with Gasteiger partial charge in [0, 0.05) is 10.3 Å². The summed E-state index contributed by atoms with van der Waals surface area (Å²) in [6, 6.07) is 3.92. The van der Waals surface area contributed by atoms with Crippen LogP contribution < -0.4 is 0 Å². The van der Waals surface area contributed by atoms with Gasteiger partial charge in [-0.15, -0.1) is 11.3 Å². The molecule has 0 bridgehead atoms. The van der Waals surface area contributed by atoms with Crippen LogP contribution in [0.15, 0.2) is 12.1 Å². The number of hydrogen-bond donors (Lipinski definition) is 0. The molecule has 0 atom stereocenters. The third-order valence-electron chi connectivity index (χ3n) is 2.74. The zero-order valence-corrected chi connectivity index (χ0v) is 9.04. The lowest BCUT2D eigenvalue weighted by Gasteiger charge is -2.08. The molecular weight excluding hydrogens is 204 g/mol. The first-order valence-corrected chi connectivity index (χ1v) is 5.57. The second-order valence-corrected chi connectivity index (χ2v) is 5.52. The molecule has 1 saturated carbocycles. The van der Waals surface area contributed by atoms with E-state index in [9.17, 15) is 4.79 Å². The van der Waals surface area contributed by atoms with Gasteiger partial charge in [-0.25, -0.2) is 0 Å². The van der Waals surface area contributed by atoms with Crippen molar-refractivity contribution in [2.24, 2.45) is 5.41 Å². The number of hydrogen-bond acceptors (Lipinski definition) is 2. The van der Waals surface area contributed by atoms with Crippen molar-refractivity contribution >= 4 is 28.7 Å². The molecular formula is C10H11ClOS. The van der Waals surface area contributed by atoms with Crippen LogP contribution in [-0.4, -0.2) is 5.78 Å². The van der Waals surface area contributed by atoms with Crippen LogP contribution in [0.5, 0.6) is 0 Å². The number of carbonyl (C=O) groups excluding carboxylic acids is 1. The first-order chi connectivity index (χ1) is 6.12. The summed E-state index contributed by atoms with van der Waals surface area (Å²) in [5.74, 6) is 0.331. The van der Waals surface area contributed by atoms with Gasteiger partial charge in [-0.3, -0.25) is 4.79 Å². The molecule has 0 saturated heterocycles. The molecule has 1 heterocycles. The van der Waals surface area contributed by atoms with Gasteiger partial charge in [-0.05, 0) is 38.3 Å². The summed E-state index contributed by atoms with van der Waals surface area (Å²) in [4.78, 5) is 12.5. The highest BCUT2D eigenvalue weighted by molar-refractivity contribution is 7.16. The minimum Gasteiger partial charge on any atom is -0.299 e. The lowest BCUT2D eigenvalue weighted by molar-refractivity contribution is -0.121. The largest absolute Gasteiger partial charge is 0.299 e. The molecule has 0 aliphatic heterocycles. The van der Waals surface area contributed by atoms with Crippen LogP contribution >= 0.6 is 22.9 Å². The van der Waals surface area contributed by atoms with Crippen molar-refractivity contribution in [3.63, 3.8) is 0 Å². The maximum Gasteiger partial charge on any atom is 0.136 e. The molecule has 1 aromatic heterocycles. The zero-order valence-electron chi connectivity index (χ0n) is 7.47. The number of rotatable bonds is 3. The fourth-order valence-corrected chi connectivity index (χ4v) is 2.82. The maximum absolute atomic E-state index is 11.3. The normalized spacial score (nSPS) is 18.6. The SMILES string of the molecule is CC(=O)C1(Cc2ccc(Cl)s2)CC1. The number of thiophene rings is 1. The monoisotopic (exact) mass is 214 g/mol. The summed E-state index contributed by atoms with van der Waals surface area (Å²) < 4.78 is 0.814. The molecule has 3 heteroatoms. The van der Waals surface area contributed by atoms with Crippen molar-refractivity contribution in [3.8, 4) is 0 Å². The second-order valence-electron chi connectivity index (χ2n) is 3.72. The number of carbonyl (C=O) groups is 1. The topological polar surface area (TPSA) is 17.1 Å². The van der Waals surface area contributed by atoms with E-state index in [1.165, 1.54) is 4.88 Å². The van der Waals surface area contributed by atoms with E-state index in [2.05, 4.69) is 0 Å². The van der Waals surface area contributed by atoms with Crippen molar-refractivity contribution in [1.29, 1.82) is 0 Å². The highest BCUT2D eigenvalue weighted by Gasteiger charge is 2.47. The maximum atomic E-state index is 11.3. The van der Waals surface area contributed by atoms with Gasteiger partial charge in [0.25, 0.3) is 0 Å². The predicted octanol–water partition coefficient (Wildman–Crippen LogP) is 3.31. The smallest absolute Gasteiger partial charge is 0.136 e. The highest BCUT2D eigenvalue weighted by atomic mass is 35.5. The van der Waals surface area contributed by atoms with Gasteiger partial charge in [0.05, 0.1) is 4.34 Å². The summed E-state index contributed by atoms with van der Waals surface area (Å²) in [5, 5.41) is 0. The van der Waals surface area contributed by atoms with Crippen LogP contribution in [0.3, 0.4) is 0 Å². The van der Waals surface area contributed by atoms with Gasteiger partial charge in [0.15, 0.2) is 0 Å². The van der Waals surface area contributed by atoms with E-state index < -0.39 is 0 Å². The molecule has 0 aromatic carbocycles. The van der Waals surface area contributed by atoms with Crippen molar-refractivity contribution in [2.75, 3.05) is 0 Å².